The summed E-state index contributed by atoms with van der Waals surface area (Å²) in [5, 5.41) is 4.80. The van der Waals surface area contributed by atoms with Crippen molar-refractivity contribution in [2.45, 2.75) is 53.1 Å². The predicted molar refractivity (Wildman–Crippen MR) is 96.9 cm³/mol. The van der Waals surface area contributed by atoms with E-state index >= 15 is 0 Å². The molecule has 1 saturated heterocycles. The van der Waals surface area contributed by atoms with Crippen LogP contribution >= 0.6 is 23.1 Å². The van der Waals surface area contributed by atoms with Crippen LogP contribution in [0.4, 0.5) is 5.13 Å². The topological polar surface area (TPSA) is 28.2 Å². The average Bonchev–Trinajstić information content (AvgIpc) is 2.83. The van der Waals surface area contributed by atoms with Crippen molar-refractivity contribution in [1.82, 2.24) is 10.3 Å². The van der Waals surface area contributed by atoms with Crippen molar-refractivity contribution in [1.29, 1.82) is 0 Å². The van der Waals surface area contributed by atoms with Crippen LogP contribution in [0.3, 0.4) is 0 Å². The van der Waals surface area contributed by atoms with Gasteiger partial charge in [-0.25, -0.2) is 4.98 Å². The van der Waals surface area contributed by atoms with Crippen LogP contribution in [-0.4, -0.2) is 35.6 Å². The van der Waals surface area contributed by atoms with Crippen LogP contribution in [0.15, 0.2) is 0 Å². The van der Waals surface area contributed by atoms with E-state index in [1.807, 2.05) is 11.3 Å². The van der Waals surface area contributed by atoms with Gasteiger partial charge in [0.05, 0.1) is 5.69 Å². The van der Waals surface area contributed by atoms with Crippen LogP contribution in [0.5, 0.6) is 0 Å². The largest absolute Gasteiger partial charge is 0.344 e. The van der Waals surface area contributed by atoms with Crippen molar-refractivity contribution in [2.24, 2.45) is 5.92 Å². The SMILES string of the molecule is CC(C)CNCc1sc(N2CCSCC2C)nc1C(C)C. The first-order valence-electron chi connectivity index (χ1n) is 8.03. The number of nitrogens with one attached hydrogen (secondary N) is 1. The summed E-state index contributed by atoms with van der Waals surface area (Å²) in [7, 11) is 0. The van der Waals surface area contributed by atoms with Gasteiger partial charge in [-0.05, 0) is 25.3 Å². The van der Waals surface area contributed by atoms with Crippen molar-refractivity contribution in [3.05, 3.63) is 10.6 Å². The van der Waals surface area contributed by atoms with Crippen LogP contribution in [0.2, 0.25) is 0 Å². The highest BCUT2D eigenvalue weighted by molar-refractivity contribution is 7.99. The maximum absolute atomic E-state index is 4.98. The molecule has 21 heavy (non-hydrogen) atoms. The summed E-state index contributed by atoms with van der Waals surface area (Å²) < 4.78 is 0. The number of anilines is 1. The summed E-state index contributed by atoms with van der Waals surface area (Å²) in [5.74, 6) is 3.64. The molecular formula is C16H29N3S2. The van der Waals surface area contributed by atoms with Crippen molar-refractivity contribution >= 4 is 28.2 Å². The summed E-state index contributed by atoms with van der Waals surface area (Å²) in [6.45, 7) is 14.5. The van der Waals surface area contributed by atoms with E-state index in [1.165, 1.54) is 27.2 Å². The van der Waals surface area contributed by atoms with Gasteiger partial charge in [-0.3, -0.25) is 0 Å². The predicted octanol–water partition coefficient (Wildman–Crippen LogP) is 3.95. The molecule has 0 aliphatic carbocycles. The lowest BCUT2D eigenvalue weighted by Crippen LogP contribution is -2.40. The molecule has 1 atom stereocenters. The average molecular weight is 328 g/mol. The maximum atomic E-state index is 4.98. The second-order valence-corrected chi connectivity index (χ2v) is 8.81. The molecule has 2 heterocycles. The molecule has 0 aromatic carbocycles. The monoisotopic (exact) mass is 327 g/mol. The Balaban J connectivity index is 2.12. The molecule has 5 heteroatoms. The molecule has 1 aliphatic rings. The first kappa shape index (κ1) is 17.1. The lowest BCUT2D eigenvalue weighted by molar-refractivity contribution is 0.552. The number of thiazole rings is 1. The van der Waals surface area contributed by atoms with Gasteiger partial charge in [-0.2, -0.15) is 11.8 Å². The molecule has 0 spiro atoms. The third kappa shape index (κ3) is 4.60. The van der Waals surface area contributed by atoms with E-state index < -0.39 is 0 Å². The fourth-order valence-electron chi connectivity index (χ4n) is 2.54. The van der Waals surface area contributed by atoms with Crippen LogP contribution in [0.25, 0.3) is 0 Å². The van der Waals surface area contributed by atoms with E-state index in [4.69, 9.17) is 4.98 Å². The van der Waals surface area contributed by atoms with E-state index in [1.54, 1.807) is 0 Å². The Bertz CT molecular complexity index is 443. The summed E-state index contributed by atoms with van der Waals surface area (Å²) in [4.78, 5) is 8.90. The molecule has 0 saturated carbocycles. The number of aromatic nitrogens is 1. The Morgan fingerprint density at radius 1 is 1.33 bits per heavy atom. The van der Waals surface area contributed by atoms with Crippen molar-refractivity contribution < 1.29 is 0 Å². The van der Waals surface area contributed by atoms with Gasteiger partial charge in [-0.1, -0.05) is 27.7 Å². The first-order valence-corrected chi connectivity index (χ1v) is 10.0. The van der Waals surface area contributed by atoms with E-state index in [9.17, 15) is 0 Å². The van der Waals surface area contributed by atoms with Gasteiger partial charge < -0.3 is 10.2 Å². The summed E-state index contributed by atoms with van der Waals surface area (Å²) in [6, 6.07) is 0.603. The molecule has 2 rings (SSSR count). The molecule has 0 amide bonds. The molecule has 1 N–H and O–H groups in total. The summed E-state index contributed by atoms with van der Waals surface area (Å²) in [6.07, 6.45) is 0. The van der Waals surface area contributed by atoms with E-state index in [2.05, 4.69) is 56.6 Å². The van der Waals surface area contributed by atoms with Crippen LogP contribution in [-0.2, 0) is 6.54 Å². The van der Waals surface area contributed by atoms with Crippen LogP contribution < -0.4 is 10.2 Å². The highest BCUT2D eigenvalue weighted by Gasteiger charge is 2.24. The zero-order valence-corrected chi connectivity index (χ0v) is 15.6. The number of rotatable bonds is 6. The Hall–Kier alpha value is -0.260. The van der Waals surface area contributed by atoms with Crippen LogP contribution in [0, 0.1) is 5.92 Å². The number of hydrogen-bond donors (Lipinski definition) is 1. The van der Waals surface area contributed by atoms with Gasteiger partial charge in [0.15, 0.2) is 5.13 Å². The molecule has 3 nitrogen and oxygen atoms in total. The third-order valence-corrected chi connectivity index (χ3v) is 6.01. The Morgan fingerprint density at radius 2 is 2.10 bits per heavy atom. The van der Waals surface area contributed by atoms with Gasteiger partial charge >= 0.3 is 0 Å². The van der Waals surface area contributed by atoms with Gasteiger partial charge in [0, 0.05) is 35.5 Å². The standard InChI is InChI=1S/C16H29N3S2/c1-11(2)8-17-9-14-15(12(3)4)18-16(21-14)19-6-7-20-10-13(19)5/h11-13,17H,6-10H2,1-5H3. The van der Waals surface area contributed by atoms with Gasteiger partial charge in [-0.15, -0.1) is 11.3 Å². The molecule has 0 radical (unpaired) electrons. The molecule has 1 aromatic rings. The molecule has 1 aliphatic heterocycles. The fraction of sp³-hybridized carbons (Fsp3) is 0.812. The quantitative estimate of drug-likeness (QED) is 0.856. The lowest BCUT2D eigenvalue weighted by atomic mass is 10.1. The molecule has 1 unspecified atom stereocenters. The van der Waals surface area contributed by atoms with Gasteiger partial charge in [0.25, 0.3) is 0 Å². The zero-order valence-electron chi connectivity index (χ0n) is 14.0. The highest BCUT2D eigenvalue weighted by atomic mass is 32.2. The van der Waals surface area contributed by atoms with Crippen LogP contribution in [0.1, 0.15) is 51.1 Å². The Morgan fingerprint density at radius 3 is 2.71 bits per heavy atom. The Kier molecular flexibility index (Phi) is 6.38. The van der Waals surface area contributed by atoms with E-state index in [0.29, 0.717) is 17.9 Å². The maximum Gasteiger partial charge on any atom is 0.186 e. The normalized spacial score (nSPS) is 19.8. The van der Waals surface area contributed by atoms with E-state index in [-0.39, 0.29) is 0 Å². The van der Waals surface area contributed by atoms with E-state index in [0.717, 1.165) is 19.6 Å². The Labute approximate surface area is 137 Å². The molecule has 120 valence electrons. The summed E-state index contributed by atoms with van der Waals surface area (Å²) >= 11 is 3.95. The number of thioether (sulfide) groups is 1. The second kappa shape index (κ2) is 7.84. The van der Waals surface area contributed by atoms with Crippen molar-refractivity contribution in [3.8, 4) is 0 Å². The van der Waals surface area contributed by atoms with Crippen molar-refractivity contribution in [2.75, 3.05) is 29.5 Å². The molecule has 0 bridgehead atoms. The van der Waals surface area contributed by atoms with Gasteiger partial charge in [0.1, 0.15) is 0 Å². The highest BCUT2D eigenvalue weighted by Crippen LogP contribution is 2.33. The molecule has 1 fully saturated rings. The molecular weight excluding hydrogens is 298 g/mol. The van der Waals surface area contributed by atoms with Crippen molar-refractivity contribution in [3.63, 3.8) is 0 Å². The van der Waals surface area contributed by atoms with Gasteiger partial charge in [0.2, 0.25) is 0 Å². The zero-order chi connectivity index (χ0) is 15.4. The number of hydrogen-bond acceptors (Lipinski definition) is 5. The minimum atomic E-state index is 0.500. The fourth-order valence-corrected chi connectivity index (χ4v) is 4.86. The minimum absolute atomic E-state index is 0.500. The summed E-state index contributed by atoms with van der Waals surface area (Å²) in [5.41, 5.74) is 1.29. The third-order valence-electron chi connectivity index (χ3n) is 3.71. The lowest BCUT2D eigenvalue weighted by Gasteiger charge is -2.32. The smallest absolute Gasteiger partial charge is 0.186 e. The number of nitrogens with zero attached hydrogens (tertiary/aromatic N) is 2. The second-order valence-electron chi connectivity index (χ2n) is 6.60. The minimum Gasteiger partial charge on any atom is -0.344 e. The first-order chi connectivity index (χ1) is 9.99. The molecule has 1 aromatic heterocycles.